The van der Waals surface area contributed by atoms with E-state index < -0.39 is 24.3 Å². The fourth-order valence-electron chi connectivity index (χ4n) is 2.96. The highest BCUT2D eigenvalue weighted by Gasteiger charge is 2.39. The molecule has 3 aromatic rings. The highest BCUT2D eigenvalue weighted by molar-refractivity contribution is 6.07. The van der Waals surface area contributed by atoms with Gasteiger partial charge in [0.05, 0.1) is 11.9 Å². The Bertz CT molecular complexity index is 1020. The summed E-state index contributed by atoms with van der Waals surface area (Å²) < 4.78 is 38.9. The molecule has 0 aliphatic carbocycles. The lowest BCUT2D eigenvalue weighted by atomic mass is 10.1. The maximum atomic E-state index is 12.3. The number of hydrogen-bond donors (Lipinski definition) is 1. The van der Waals surface area contributed by atoms with Crippen LogP contribution in [-0.4, -0.2) is 22.4 Å². The number of Topliss-reactive ketones (excluding diaryl/α,β-unsaturated/α-hetero) is 1. The number of aromatic nitrogens is 1. The minimum Gasteiger partial charge on any atom is -0.344 e. The Labute approximate surface area is 153 Å². The highest BCUT2D eigenvalue weighted by Crippen LogP contribution is 2.31. The summed E-state index contributed by atoms with van der Waals surface area (Å²) in [5, 5.41) is 3.35. The second-order valence-corrected chi connectivity index (χ2v) is 6.33. The predicted octanol–water partition coefficient (Wildman–Crippen LogP) is 4.61. The third kappa shape index (κ3) is 3.86. The number of nitrogens with zero attached hydrogens (tertiary/aromatic N) is 1. The van der Waals surface area contributed by atoms with Crippen molar-refractivity contribution >= 4 is 28.3 Å². The van der Waals surface area contributed by atoms with Crippen LogP contribution in [0.5, 0.6) is 0 Å². The van der Waals surface area contributed by atoms with Crippen LogP contribution in [0.25, 0.3) is 22.2 Å². The van der Waals surface area contributed by atoms with Gasteiger partial charge in [-0.15, -0.1) is 0 Å². The van der Waals surface area contributed by atoms with Crippen molar-refractivity contribution in [3.8, 4) is 11.3 Å². The molecule has 1 N–H and O–H groups in total. The van der Waals surface area contributed by atoms with Crippen LogP contribution in [0.2, 0.25) is 0 Å². The number of carbonyl (C=O) groups excluding carboxylic acids is 2. The first kappa shape index (κ1) is 18.7. The van der Waals surface area contributed by atoms with Crippen LogP contribution >= 0.6 is 0 Å². The fourth-order valence-corrected chi connectivity index (χ4v) is 2.96. The smallest absolute Gasteiger partial charge is 0.344 e. The molecule has 0 saturated heterocycles. The molecule has 0 unspecified atom stereocenters. The van der Waals surface area contributed by atoms with Crippen molar-refractivity contribution in [2.45, 2.75) is 19.5 Å². The third-order valence-electron chi connectivity index (χ3n) is 4.37. The molecule has 0 saturated carbocycles. The van der Waals surface area contributed by atoms with Crippen LogP contribution in [0.15, 0.2) is 48.5 Å². The summed E-state index contributed by atoms with van der Waals surface area (Å²) in [7, 11) is 1.87. The second kappa shape index (κ2) is 6.90. The molecule has 7 heteroatoms. The lowest BCUT2D eigenvalue weighted by Gasteiger charge is -2.10. The number of alkyl halides is 3. The molecule has 2 aromatic carbocycles. The van der Waals surface area contributed by atoms with Crippen molar-refractivity contribution in [2.75, 3.05) is 5.32 Å². The molecule has 0 radical (unpaired) electrons. The van der Waals surface area contributed by atoms with Gasteiger partial charge < -0.3 is 9.88 Å². The van der Waals surface area contributed by atoms with Gasteiger partial charge in [-0.2, -0.15) is 13.2 Å². The predicted molar refractivity (Wildman–Crippen MR) is 97.4 cm³/mol. The lowest BCUT2D eigenvalue weighted by Crippen LogP contribution is -2.28. The molecule has 0 atom stereocenters. The molecule has 0 spiro atoms. The van der Waals surface area contributed by atoms with Crippen LogP contribution in [-0.2, 0) is 16.6 Å². The zero-order valence-electron chi connectivity index (χ0n) is 14.7. The zero-order valence-corrected chi connectivity index (χ0v) is 14.7. The number of rotatable bonds is 4. The number of halogens is 3. The largest absolute Gasteiger partial charge is 0.450 e. The van der Waals surface area contributed by atoms with Crippen LogP contribution in [0.3, 0.4) is 0 Å². The van der Waals surface area contributed by atoms with Crippen LogP contribution in [0.4, 0.5) is 18.9 Å². The Kier molecular flexibility index (Phi) is 4.78. The summed E-state index contributed by atoms with van der Waals surface area (Å²) in [6.07, 6.45) is -6.25. The van der Waals surface area contributed by atoms with E-state index in [2.05, 4.69) is 5.32 Å². The maximum Gasteiger partial charge on any atom is 0.450 e. The van der Waals surface area contributed by atoms with Gasteiger partial charge in [-0.05, 0) is 36.2 Å². The van der Waals surface area contributed by atoms with E-state index in [1.807, 2.05) is 54.1 Å². The number of anilines is 1. The zero-order chi connectivity index (χ0) is 19.8. The van der Waals surface area contributed by atoms with E-state index in [1.165, 1.54) is 0 Å². The monoisotopic (exact) mass is 374 g/mol. The average Bonchev–Trinajstić information content (AvgIpc) is 2.91. The van der Waals surface area contributed by atoms with Gasteiger partial charge in [0.2, 0.25) is 11.7 Å². The second-order valence-electron chi connectivity index (χ2n) is 6.33. The number of amides is 1. The fraction of sp³-hybridized carbons (Fsp3) is 0.200. The SMILES string of the molecule is Cc1cc2cc(-c3ccccc3)n(C)c2cc1NC(=O)CC(=O)C(F)(F)F. The molecule has 3 rings (SSSR count). The molecular formula is C20H17F3N2O2. The minimum atomic E-state index is -5.01. The third-order valence-corrected chi connectivity index (χ3v) is 4.37. The molecule has 1 amide bonds. The maximum absolute atomic E-state index is 12.3. The van der Waals surface area contributed by atoms with E-state index in [9.17, 15) is 22.8 Å². The van der Waals surface area contributed by atoms with Crippen LogP contribution in [0, 0.1) is 6.92 Å². The van der Waals surface area contributed by atoms with Crippen LogP contribution < -0.4 is 5.32 Å². The van der Waals surface area contributed by atoms with Crippen molar-refractivity contribution in [3.05, 3.63) is 54.1 Å². The van der Waals surface area contributed by atoms with Crippen molar-refractivity contribution < 1.29 is 22.8 Å². The van der Waals surface area contributed by atoms with Crippen molar-refractivity contribution in [1.82, 2.24) is 4.57 Å². The van der Waals surface area contributed by atoms with Crippen LogP contribution in [0.1, 0.15) is 12.0 Å². The standard InChI is InChI=1S/C20H17F3N2O2/c1-12-8-14-9-16(13-6-4-3-5-7-13)25(2)17(14)10-15(12)24-19(27)11-18(26)20(21,22)23/h3-10H,11H2,1-2H3,(H,24,27). The van der Waals surface area contributed by atoms with Gasteiger partial charge >= 0.3 is 6.18 Å². The Balaban J connectivity index is 1.92. The summed E-state index contributed by atoms with van der Waals surface area (Å²) >= 11 is 0. The van der Waals surface area contributed by atoms with Gasteiger partial charge in [0.15, 0.2) is 0 Å². The van der Waals surface area contributed by atoms with E-state index in [4.69, 9.17) is 0 Å². The molecule has 4 nitrogen and oxygen atoms in total. The molecule has 0 fully saturated rings. The molecule has 0 bridgehead atoms. The summed E-state index contributed by atoms with van der Waals surface area (Å²) in [6, 6.07) is 15.3. The number of benzene rings is 2. The molecule has 140 valence electrons. The van der Waals surface area contributed by atoms with Gasteiger partial charge in [0, 0.05) is 23.8 Å². The molecule has 0 aliphatic heterocycles. The molecule has 0 aliphatic rings. The van der Waals surface area contributed by atoms with E-state index in [1.54, 1.807) is 13.0 Å². The number of nitrogens with one attached hydrogen (secondary N) is 1. The molecule has 1 aromatic heterocycles. The number of hydrogen-bond acceptors (Lipinski definition) is 2. The first-order valence-electron chi connectivity index (χ1n) is 8.22. The van der Waals surface area contributed by atoms with E-state index >= 15 is 0 Å². The van der Waals surface area contributed by atoms with Gasteiger partial charge in [-0.3, -0.25) is 9.59 Å². The molecule has 1 heterocycles. The molecule has 27 heavy (non-hydrogen) atoms. The van der Waals surface area contributed by atoms with Crippen molar-refractivity contribution in [3.63, 3.8) is 0 Å². The summed E-state index contributed by atoms with van der Waals surface area (Å²) in [4.78, 5) is 22.8. The summed E-state index contributed by atoms with van der Waals surface area (Å²) in [5.74, 6) is -3.05. The summed E-state index contributed by atoms with van der Waals surface area (Å²) in [6.45, 7) is 1.75. The Hall–Kier alpha value is -3.09. The highest BCUT2D eigenvalue weighted by atomic mass is 19.4. The Morgan fingerprint density at radius 2 is 1.74 bits per heavy atom. The molecular weight excluding hydrogens is 357 g/mol. The number of aryl methyl sites for hydroxylation is 2. The quantitative estimate of drug-likeness (QED) is 0.678. The first-order chi connectivity index (χ1) is 12.7. The number of fused-ring (bicyclic) bond motifs is 1. The number of carbonyl (C=O) groups is 2. The minimum absolute atomic E-state index is 0.378. The number of ketones is 1. The van der Waals surface area contributed by atoms with Gasteiger partial charge in [0.1, 0.15) is 0 Å². The summed E-state index contributed by atoms with van der Waals surface area (Å²) in [5.41, 5.74) is 3.89. The van der Waals surface area contributed by atoms with Gasteiger partial charge in [0.25, 0.3) is 0 Å². The van der Waals surface area contributed by atoms with Gasteiger partial charge in [-0.25, -0.2) is 0 Å². The van der Waals surface area contributed by atoms with E-state index in [-0.39, 0.29) is 0 Å². The lowest BCUT2D eigenvalue weighted by molar-refractivity contribution is -0.171. The average molecular weight is 374 g/mol. The topological polar surface area (TPSA) is 51.1 Å². The van der Waals surface area contributed by atoms with Crippen molar-refractivity contribution in [1.29, 1.82) is 0 Å². The van der Waals surface area contributed by atoms with Gasteiger partial charge in [-0.1, -0.05) is 30.3 Å². The van der Waals surface area contributed by atoms with E-state index in [0.717, 1.165) is 22.2 Å². The Morgan fingerprint density at radius 3 is 2.37 bits per heavy atom. The normalized spacial score (nSPS) is 11.6. The van der Waals surface area contributed by atoms with E-state index in [0.29, 0.717) is 11.3 Å². The van der Waals surface area contributed by atoms with Crippen molar-refractivity contribution in [2.24, 2.45) is 7.05 Å². The first-order valence-corrected chi connectivity index (χ1v) is 8.22. The Morgan fingerprint density at radius 1 is 1.07 bits per heavy atom.